The predicted molar refractivity (Wildman–Crippen MR) is 208 cm³/mol. The van der Waals surface area contributed by atoms with Gasteiger partial charge in [-0.25, -0.2) is 0 Å². The van der Waals surface area contributed by atoms with Crippen LogP contribution in [0.15, 0.2) is 182 Å². The van der Waals surface area contributed by atoms with Crippen LogP contribution in [0, 0.1) is 0 Å². The van der Waals surface area contributed by atoms with Gasteiger partial charge in [0, 0.05) is 0 Å². The number of fused-ring (bicyclic) bond motifs is 7. The molecule has 0 spiro atoms. The highest BCUT2D eigenvalue weighted by molar-refractivity contribution is 6.22. The van der Waals surface area contributed by atoms with Crippen LogP contribution in [-0.2, 0) is 0 Å². The molecule has 0 aliphatic heterocycles. The quantitative estimate of drug-likeness (QED) is 0.139. The minimum atomic E-state index is 1.24. The lowest BCUT2D eigenvalue weighted by Gasteiger charge is -2.18. The highest BCUT2D eigenvalue weighted by atomic mass is 14.2. The molecule has 0 unspecified atom stereocenters. The molecule has 48 heavy (non-hydrogen) atoms. The highest BCUT2D eigenvalue weighted by Gasteiger charge is 2.17. The Morgan fingerprint density at radius 3 is 1.12 bits per heavy atom. The fraction of sp³-hybridized carbons (Fsp3) is 0. The molecule has 0 aromatic heterocycles. The molecule has 0 heteroatoms. The summed E-state index contributed by atoms with van der Waals surface area (Å²) in [6, 6.07) is 67.2. The van der Waals surface area contributed by atoms with Gasteiger partial charge in [-0.1, -0.05) is 158 Å². The van der Waals surface area contributed by atoms with E-state index in [-0.39, 0.29) is 0 Å². The predicted octanol–water partition coefficient (Wildman–Crippen LogP) is 13.6. The molecule has 10 aromatic rings. The third kappa shape index (κ3) is 4.24. The van der Waals surface area contributed by atoms with Crippen molar-refractivity contribution in [3.05, 3.63) is 182 Å². The lowest BCUT2D eigenvalue weighted by Crippen LogP contribution is -1.91. The van der Waals surface area contributed by atoms with Crippen molar-refractivity contribution in [3.8, 4) is 33.4 Å². The van der Waals surface area contributed by atoms with Gasteiger partial charge in [0.1, 0.15) is 0 Å². The van der Waals surface area contributed by atoms with E-state index in [4.69, 9.17) is 0 Å². The monoisotopic (exact) mass is 606 g/mol. The molecule has 10 aromatic carbocycles. The van der Waals surface area contributed by atoms with Gasteiger partial charge >= 0.3 is 0 Å². The first-order valence-electron chi connectivity index (χ1n) is 16.7. The maximum absolute atomic E-state index is 2.37. The molecule has 0 saturated carbocycles. The van der Waals surface area contributed by atoms with E-state index in [9.17, 15) is 0 Å². The Kier molecular flexibility index (Phi) is 5.98. The van der Waals surface area contributed by atoms with Gasteiger partial charge in [-0.2, -0.15) is 0 Å². The fourth-order valence-electron chi connectivity index (χ4n) is 7.87. The average molecular weight is 607 g/mol. The SMILES string of the molecule is c1ccc2cc(-c3c4ccccc4c(-c4ccc5cc(-c6ccc7c(ccc8ccccc87)c6)ccc5c4)c4ccccc34)ccc2c1. The van der Waals surface area contributed by atoms with Crippen LogP contribution in [0.25, 0.3) is 98.0 Å². The van der Waals surface area contributed by atoms with Crippen LogP contribution >= 0.6 is 0 Å². The average Bonchev–Trinajstić information content (AvgIpc) is 3.16. The van der Waals surface area contributed by atoms with Gasteiger partial charge < -0.3 is 0 Å². The molecule has 0 N–H and O–H groups in total. The van der Waals surface area contributed by atoms with E-state index in [1.165, 1.54) is 98.0 Å². The van der Waals surface area contributed by atoms with Crippen molar-refractivity contribution in [1.82, 2.24) is 0 Å². The normalized spacial score (nSPS) is 11.8. The molecule has 0 nitrogen and oxygen atoms in total. The summed E-state index contributed by atoms with van der Waals surface area (Å²) in [6.45, 7) is 0. The van der Waals surface area contributed by atoms with Gasteiger partial charge in [-0.05, 0) is 122 Å². The Morgan fingerprint density at radius 2 is 0.521 bits per heavy atom. The summed E-state index contributed by atoms with van der Waals surface area (Å²) in [6.07, 6.45) is 0. The Morgan fingerprint density at radius 1 is 0.188 bits per heavy atom. The zero-order valence-corrected chi connectivity index (χ0v) is 26.3. The van der Waals surface area contributed by atoms with Crippen LogP contribution in [0.3, 0.4) is 0 Å². The van der Waals surface area contributed by atoms with Crippen LogP contribution in [0.4, 0.5) is 0 Å². The second-order valence-corrected chi connectivity index (χ2v) is 12.9. The van der Waals surface area contributed by atoms with E-state index in [0.717, 1.165) is 0 Å². The van der Waals surface area contributed by atoms with E-state index in [1.54, 1.807) is 0 Å². The number of rotatable bonds is 3. The lowest BCUT2D eigenvalue weighted by atomic mass is 9.85. The summed E-state index contributed by atoms with van der Waals surface area (Å²) in [4.78, 5) is 0. The number of benzene rings is 10. The lowest BCUT2D eigenvalue weighted by molar-refractivity contribution is 1.66. The van der Waals surface area contributed by atoms with E-state index in [2.05, 4.69) is 182 Å². The van der Waals surface area contributed by atoms with Gasteiger partial charge in [-0.3, -0.25) is 0 Å². The largest absolute Gasteiger partial charge is 0.0616 e. The molecule has 0 radical (unpaired) electrons. The van der Waals surface area contributed by atoms with Crippen molar-refractivity contribution in [2.24, 2.45) is 0 Å². The van der Waals surface area contributed by atoms with Crippen LogP contribution < -0.4 is 0 Å². The fourth-order valence-corrected chi connectivity index (χ4v) is 7.87. The molecule has 0 aliphatic carbocycles. The van der Waals surface area contributed by atoms with Crippen molar-refractivity contribution in [2.45, 2.75) is 0 Å². The molecule has 0 bridgehead atoms. The second kappa shape index (κ2) is 10.7. The summed E-state index contributed by atoms with van der Waals surface area (Å²) in [5.74, 6) is 0. The van der Waals surface area contributed by atoms with Gasteiger partial charge in [0.25, 0.3) is 0 Å². The van der Waals surface area contributed by atoms with E-state index in [0.29, 0.717) is 0 Å². The van der Waals surface area contributed by atoms with Crippen LogP contribution in [-0.4, -0.2) is 0 Å². The first kappa shape index (κ1) is 26.9. The van der Waals surface area contributed by atoms with Crippen LogP contribution in [0.1, 0.15) is 0 Å². The van der Waals surface area contributed by atoms with Crippen molar-refractivity contribution in [2.75, 3.05) is 0 Å². The molecule has 0 atom stereocenters. The summed E-state index contributed by atoms with van der Waals surface area (Å²) in [7, 11) is 0. The summed E-state index contributed by atoms with van der Waals surface area (Å²) >= 11 is 0. The Bertz CT molecular complexity index is 2830. The minimum absolute atomic E-state index is 1.24. The van der Waals surface area contributed by atoms with Crippen molar-refractivity contribution < 1.29 is 0 Å². The molecule has 0 fully saturated rings. The topological polar surface area (TPSA) is 0 Å². The molecular weight excluding hydrogens is 577 g/mol. The van der Waals surface area contributed by atoms with Gasteiger partial charge in [-0.15, -0.1) is 0 Å². The van der Waals surface area contributed by atoms with Gasteiger partial charge in [0.05, 0.1) is 0 Å². The molecule has 0 amide bonds. The van der Waals surface area contributed by atoms with Crippen molar-refractivity contribution >= 4 is 64.6 Å². The number of hydrogen-bond acceptors (Lipinski definition) is 0. The molecule has 222 valence electrons. The molecular formula is C48H30. The summed E-state index contributed by atoms with van der Waals surface area (Å²) in [5, 5.41) is 15.3. The third-order valence-electron chi connectivity index (χ3n) is 10.2. The summed E-state index contributed by atoms with van der Waals surface area (Å²) < 4.78 is 0. The zero-order valence-electron chi connectivity index (χ0n) is 26.3. The smallest absolute Gasteiger partial charge is 0.00262 e. The first-order valence-corrected chi connectivity index (χ1v) is 16.7. The third-order valence-corrected chi connectivity index (χ3v) is 10.2. The standard InChI is InChI=1S/C48H30/c1-2-11-33-29-39(23-17-31(33)9-1)47-43-13-5-7-15-45(43)48(46-16-8-6-14-44(46)47)40-24-21-35-27-34(19-20-36(35)30-40)37-25-26-42-38(28-37)22-18-32-10-3-4-12-41(32)42/h1-30H. The van der Waals surface area contributed by atoms with Crippen molar-refractivity contribution in [3.63, 3.8) is 0 Å². The second-order valence-electron chi connectivity index (χ2n) is 12.9. The molecule has 0 aliphatic rings. The minimum Gasteiger partial charge on any atom is -0.0616 e. The van der Waals surface area contributed by atoms with Gasteiger partial charge in [0.2, 0.25) is 0 Å². The van der Waals surface area contributed by atoms with Crippen molar-refractivity contribution in [1.29, 1.82) is 0 Å². The van der Waals surface area contributed by atoms with Crippen LogP contribution in [0.5, 0.6) is 0 Å². The molecule has 0 heterocycles. The molecule has 10 rings (SSSR count). The van der Waals surface area contributed by atoms with E-state index in [1.807, 2.05) is 0 Å². The highest BCUT2D eigenvalue weighted by Crippen LogP contribution is 2.44. The molecule has 0 saturated heterocycles. The first-order chi connectivity index (χ1) is 23.8. The summed E-state index contributed by atoms with van der Waals surface area (Å²) in [5.41, 5.74) is 7.56. The van der Waals surface area contributed by atoms with Crippen LogP contribution in [0.2, 0.25) is 0 Å². The van der Waals surface area contributed by atoms with E-state index >= 15 is 0 Å². The Hall–Kier alpha value is -6.24. The number of hydrogen-bond donors (Lipinski definition) is 0. The Balaban J connectivity index is 1.12. The maximum Gasteiger partial charge on any atom is -0.00262 e. The van der Waals surface area contributed by atoms with E-state index < -0.39 is 0 Å². The Labute approximate surface area is 279 Å². The van der Waals surface area contributed by atoms with Gasteiger partial charge in [0.15, 0.2) is 0 Å². The maximum atomic E-state index is 2.37. The zero-order chi connectivity index (χ0) is 31.6.